The molecule has 3 N–H and O–H groups in total. The molecule has 1 fully saturated rings. The Kier molecular flexibility index (Phi) is 8.51. The minimum atomic E-state index is -0.650. The summed E-state index contributed by atoms with van der Waals surface area (Å²) >= 11 is 0. The van der Waals surface area contributed by atoms with Gasteiger partial charge in [-0.1, -0.05) is 0 Å². The maximum atomic E-state index is 15.0. The summed E-state index contributed by atoms with van der Waals surface area (Å²) in [5.74, 6) is 0.779. The third-order valence-electron chi connectivity index (χ3n) is 7.40. The van der Waals surface area contributed by atoms with Crippen molar-refractivity contribution < 1.29 is 13.9 Å². The fourth-order valence-corrected chi connectivity index (χ4v) is 5.34. The van der Waals surface area contributed by atoms with Gasteiger partial charge in [0.25, 0.3) is 0 Å². The van der Waals surface area contributed by atoms with Crippen molar-refractivity contribution in [2.24, 2.45) is 5.92 Å². The highest BCUT2D eigenvalue weighted by atomic mass is 19.1. The van der Waals surface area contributed by atoms with Crippen molar-refractivity contribution >= 4 is 28.5 Å². The number of pyridine rings is 1. The first kappa shape index (κ1) is 27.9. The largest absolute Gasteiger partial charge is 0.396 e. The number of nitrogens with one attached hydrogen (secondary N) is 2. The number of fused-ring (bicyclic) bond motifs is 1. The average molecular weight is 551 g/mol. The van der Waals surface area contributed by atoms with Crippen LogP contribution in [-0.4, -0.2) is 67.3 Å². The summed E-state index contributed by atoms with van der Waals surface area (Å²) in [7, 11) is 0. The molecule has 40 heavy (non-hydrogen) atoms. The molecule has 5 rings (SSSR count). The van der Waals surface area contributed by atoms with Crippen LogP contribution >= 0.6 is 0 Å². The van der Waals surface area contributed by atoms with Gasteiger partial charge in [0.1, 0.15) is 22.9 Å². The number of hydrogen-bond donors (Lipinski definition) is 3. The number of imidazole rings is 1. The van der Waals surface area contributed by atoms with E-state index in [1.54, 1.807) is 12.3 Å². The van der Waals surface area contributed by atoms with Crippen LogP contribution in [-0.2, 0) is 0 Å². The molecule has 4 heterocycles. The lowest BCUT2D eigenvalue weighted by Crippen LogP contribution is -2.36. The lowest BCUT2D eigenvalue weighted by Gasteiger charge is -2.32. The van der Waals surface area contributed by atoms with Crippen molar-refractivity contribution in [3.63, 3.8) is 0 Å². The van der Waals surface area contributed by atoms with Crippen LogP contribution < -0.4 is 10.6 Å². The van der Waals surface area contributed by atoms with Gasteiger partial charge in [-0.05, 0) is 83.3 Å². The molecule has 1 saturated heterocycles. The topological polar surface area (TPSA) is 104 Å². The van der Waals surface area contributed by atoms with E-state index in [0.717, 1.165) is 57.3 Å². The highest BCUT2D eigenvalue weighted by Gasteiger charge is 2.20. The fraction of sp³-hybridized carbons (Fsp3) is 0.448. The standard InChI is InChI=1S/C29H36F2N8O/c1-18(2)39-19(3)35-28-23(30)13-21(14-25(28)39)27-24(31)17-34-29(37-27)36-26-6-5-22(16-33-26)32-15-20-7-10-38(11-8-20)9-4-12-40/h5-6,13-14,16-18,20,32,40H,4,7-12,15H2,1-3H3,(H,33,34,36,37). The molecule has 1 aromatic carbocycles. The highest BCUT2D eigenvalue weighted by Crippen LogP contribution is 2.30. The number of halogens is 2. The van der Waals surface area contributed by atoms with E-state index in [2.05, 4.69) is 35.5 Å². The molecule has 212 valence electrons. The van der Waals surface area contributed by atoms with Gasteiger partial charge in [-0.15, -0.1) is 0 Å². The van der Waals surface area contributed by atoms with Gasteiger partial charge in [-0.2, -0.15) is 0 Å². The normalized spacial score (nSPS) is 14.8. The van der Waals surface area contributed by atoms with Gasteiger partial charge in [-0.3, -0.25) is 0 Å². The number of likely N-dealkylation sites (tertiary alicyclic amines) is 1. The van der Waals surface area contributed by atoms with E-state index in [-0.39, 0.29) is 29.8 Å². The van der Waals surface area contributed by atoms with Gasteiger partial charge in [-0.25, -0.2) is 28.7 Å². The number of aromatic nitrogens is 5. The molecule has 0 atom stereocenters. The molecule has 0 spiro atoms. The van der Waals surface area contributed by atoms with Gasteiger partial charge in [0, 0.05) is 31.3 Å². The monoisotopic (exact) mass is 550 g/mol. The quantitative estimate of drug-likeness (QED) is 0.244. The Hall–Kier alpha value is -3.70. The summed E-state index contributed by atoms with van der Waals surface area (Å²) in [4.78, 5) is 19.6. The SMILES string of the molecule is Cc1nc2c(F)cc(-c3nc(Nc4ccc(NCC5CCN(CCCO)CC5)cn4)ncc3F)cc2n1C(C)C. The van der Waals surface area contributed by atoms with E-state index >= 15 is 0 Å². The number of rotatable bonds is 10. The first-order valence-electron chi connectivity index (χ1n) is 13.8. The minimum Gasteiger partial charge on any atom is -0.396 e. The van der Waals surface area contributed by atoms with Crippen LogP contribution in [0, 0.1) is 24.5 Å². The van der Waals surface area contributed by atoms with Crippen molar-refractivity contribution in [1.29, 1.82) is 0 Å². The first-order chi connectivity index (χ1) is 19.3. The van der Waals surface area contributed by atoms with E-state index in [4.69, 9.17) is 5.11 Å². The van der Waals surface area contributed by atoms with Crippen LogP contribution in [0.5, 0.6) is 0 Å². The lowest BCUT2D eigenvalue weighted by atomic mass is 9.96. The Morgan fingerprint density at radius 3 is 2.55 bits per heavy atom. The fourth-order valence-electron chi connectivity index (χ4n) is 5.34. The van der Waals surface area contributed by atoms with Crippen LogP contribution in [0.1, 0.15) is 45.0 Å². The van der Waals surface area contributed by atoms with E-state index in [1.165, 1.54) is 6.07 Å². The zero-order valence-electron chi connectivity index (χ0n) is 23.2. The summed E-state index contributed by atoms with van der Waals surface area (Å²) in [6.07, 6.45) is 5.90. The van der Waals surface area contributed by atoms with Crippen molar-refractivity contribution in [2.75, 3.05) is 43.4 Å². The molecule has 0 saturated carbocycles. The average Bonchev–Trinajstić information content (AvgIpc) is 3.29. The van der Waals surface area contributed by atoms with Crippen LogP contribution in [0.15, 0.2) is 36.7 Å². The Balaban J connectivity index is 1.25. The number of aryl methyl sites for hydroxylation is 1. The Bertz CT molecular complexity index is 1450. The number of aliphatic hydroxyl groups excluding tert-OH is 1. The number of piperidine rings is 1. The van der Waals surface area contributed by atoms with Gasteiger partial charge in [0.05, 0.1) is 23.6 Å². The lowest BCUT2D eigenvalue weighted by molar-refractivity contribution is 0.171. The van der Waals surface area contributed by atoms with Crippen LogP contribution in [0.25, 0.3) is 22.3 Å². The summed E-state index contributed by atoms with van der Waals surface area (Å²) in [6, 6.07) is 6.76. The third-order valence-corrected chi connectivity index (χ3v) is 7.40. The first-order valence-corrected chi connectivity index (χ1v) is 13.8. The second kappa shape index (κ2) is 12.2. The molecule has 1 aliphatic rings. The predicted octanol–water partition coefficient (Wildman–Crippen LogP) is 5.31. The molecule has 3 aromatic heterocycles. The van der Waals surface area contributed by atoms with Crippen molar-refractivity contribution in [3.8, 4) is 11.3 Å². The molecular formula is C29H36F2N8O. The van der Waals surface area contributed by atoms with Gasteiger partial charge in [0.2, 0.25) is 5.95 Å². The van der Waals surface area contributed by atoms with Crippen LogP contribution in [0.2, 0.25) is 0 Å². The van der Waals surface area contributed by atoms with E-state index in [0.29, 0.717) is 28.6 Å². The number of nitrogens with zero attached hydrogens (tertiary/aromatic N) is 6. The number of benzene rings is 1. The zero-order chi connectivity index (χ0) is 28.2. The molecule has 0 unspecified atom stereocenters. The maximum absolute atomic E-state index is 15.0. The Morgan fingerprint density at radius 2 is 1.85 bits per heavy atom. The maximum Gasteiger partial charge on any atom is 0.229 e. The predicted molar refractivity (Wildman–Crippen MR) is 153 cm³/mol. The van der Waals surface area contributed by atoms with Crippen molar-refractivity contribution in [1.82, 2.24) is 29.4 Å². The van der Waals surface area contributed by atoms with Gasteiger partial charge < -0.3 is 25.2 Å². The van der Waals surface area contributed by atoms with E-state index in [1.807, 2.05) is 37.5 Å². The van der Waals surface area contributed by atoms with Crippen LogP contribution in [0.4, 0.5) is 26.2 Å². The second-order valence-electron chi connectivity index (χ2n) is 10.6. The number of aliphatic hydroxyl groups is 1. The molecule has 0 aliphatic carbocycles. The van der Waals surface area contributed by atoms with Gasteiger partial charge >= 0.3 is 0 Å². The highest BCUT2D eigenvalue weighted by molar-refractivity contribution is 5.83. The summed E-state index contributed by atoms with van der Waals surface area (Å²) < 4.78 is 31.7. The Labute approximate surface area is 232 Å². The van der Waals surface area contributed by atoms with Crippen molar-refractivity contribution in [2.45, 2.75) is 46.1 Å². The molecule has 4 aromatic rings. The third kappa shape index (κ3) is 6.20. The molecule has 0 amide bonds. The summed E-state index contributed by atoms with van der Waals surface area (Å²) in [6.45, 7) is 10.0. The smallest absolute Gasteiger partial charge is 0.229 e. The van der Waals surface area contributed by atoms with E-state index < -0.39 is 11.6 Å². The molecule has 9 nitrogen and oxygen atoms in total. The molecule has 0 bridgehead atoms. The van der Waals surface area contributed by atoms with E-state index in [9.17, 15) is 8.78 Å². The molecule has 1 aliphatic heterocycles. The number of anilines is 3. The van der Waals surface area contributed by atoms with Crippen LogP contribution in [0.3, 0.4) is 0 Å². The van der Waals surface area contributed by atoms with Crippen molar-refractivity contribution in [3.05, 3.63) is 54.1 Å². The number of hydrogen-bond acceptors (Lipinski definition) is 8. The second-order valence-corrected chi connectivity index (χ2v) is 10.6. The van der Waals surface area contributed by atoms with Gasteiger partial charge in [0.15, 0.2) is 11.6 Å². The Morgan fingerprint density at radius 1 is 1.05 bits per heavy atom. The summed E-state index contributed by atoms with van der Waals surface area (Å²) in [5, 5.41) is 15.5. The minimum absolute atomic E-state index is 0.00634. The molecule has 11 heteroatoms. The molecular weight excluding hydrogens is 514 g/mol. The molecule has 0 radical (unpaired) electrons. The summed E-state index contributed by atoms with van der Waals surface area (Å²) in [5.41, 5.74) is 2.06. The zero-order valence-corrected chi connectivity index (χ0v) is 23.2.